The van der Waals surface area contributed by atoms with Gasteiger partial charge in [0.2, 0.25) is 5.91 Å². The summed E-state index contributed by atoms with van der Waals surface area (Å²) in [5, 5.41) is 2.71. The first kappa shape index (κ1) is 9.71. The molecule has 0 aromatic heterocycles. The number of hydrogen-bond acceptors (Lipinski definition) is 3. The molecule has 1 amide bonds. The van der Waals surface area contributed by atoms with Crippen LogP contribution in [0, 0.1) is 0 Å². The fourth-order valence-corrected chi connectivity index (χ4v) is 1.73. The smallest absolute Gasteiger partial charge is 0.338 e. The van der Waals surface area contributed by atoms with Crippen molar-refractivity contribution in [3.05, 3.63) is 34.9 Å². The number of methoxy groups -OCH3 is 1. The molecule has 4 nitrogen and oxygen atoms in total. The van der Waals surface area contributed by atoms with Gasteiger partial charge in [0.15, 0.2) is 0 Å². The summed E-state index contributed by atoms with van der Waals surface area (Å²) in [5.74, 6) is -0.368. The molecular formula is C11H11NO3. The van der Waals surface area contributed by atoms with Gasteiger partial charge in [-0.2, -0.15) is 0 Å². The molecule has 0 saturated heterocycles. The zero-order valence-corrected chi connectivity index (χ0v) is 8.37. The molecule has 4 heteroatoms. The molecule has 0 spiro atoms. The minimum atomic E-state index is -0.358. The summed E-state index contributed by atoms with van der Waals surface area (Å²) >= 11 is 0. The van der Waals surface area contributed by atoms with Crippen molar-refractivity contribution < 1.29 is 14.3 Å². The van der Waals surface area contributed by atoms with Crippen LogP contribution < -0.4 is 5.32 Å². The molecule has 0 radical (unpaired) electrons. The van der Waals surface area contributed by atoms with E-state index in [1.807, 2.05) is 6.07 Å². The molecule has 1 aromatic rings. The predicted octanol–water partition coefficient (Wildman–Crippen LogP) is 0.645. The minimum absolute atomic E-state index is 0.00971. The van der Waals surface area contributed by atoms with Gasteiger partial charge in [-0.1, -0.05) is 12.1 Å². The van der Waals surface area contributed by atoms with Crippen LogP contribution in [0.5, 0.6) is 0 Å². The molecule has 0 bridgehead atoms. The number of rotatable bonds is 1. The Labute approximate surface area is 87.2 Å². The third kappa shape index (κ3) is 1.70. The van der Waals surface area contributed by atoms with Gasteiger partial charge >= 0.3 is 5.97 Å². The Kier molecular flexibility index (Phi) is 2.41. The van der Waals surface area contributed by atoms with E-state index in [1.165, 1.54) is 7.11 Å². The predicted molar refractivity (Wildman–Crippen MR) is 53.3 cm³/mol. The van der Waals surface area contributed by atoms with Crippen molar-refractivity contribution in [3.63, 3.8) is 0 Å². The molecule has 1 N–H and O–H groups in total. The standard InChI is InChI=1S/C11H11NO3/c1-15-11(14)8-4-2-3-7-5-10(13)12-6-9(7)8/h2-4H,5-6H2,1H3,(H,12,13). The normalized spacial score (nSPS) is 14.1. The van der Waals surface area contributed by atoms with E-state index >= 15 is 0 Å². The Bertz CT molecular complexity index is 426. The Morgan fingerprint density at radius 2 is 2.27 bits per heavy atom. The van der Waals surface area contributed by atoms with Gasteiger partial charge in [0.25, 0.3) is 0 Å². The zero-order chi connectivity index (χ0) is 10.8. The molecule has 0 unspecified atom stereocenters. The van der Waals surface area contributed by atoms with Crippen molar-refractivity contribution in [2.24, 2.45) is 0 Å². The van der Waals surface area contributed by atoms with Crippen LogP contribution in [0.3, 0.4) is 0 Å². The monoisotopic (exact) mass is 205 g/mol. The summed E-state index contributed by atoms with van der Waals surface area (Å²) < 4.78 is 4.68. The van der Waals surface area contributed by atoms with E-state index in [2.05, 4.69) is 10.1 Å². The molecular weight excluding hydrogens is 194 g/mol. The highest BCUT2D eigenvalue weighted by molar-refractivity contribution is 5.93. The van der Waals surface area contributed by atoms with Crippen LogP contribution in [-0.2, 0) is 22.5 Å². The summed E-state index contributed by atoms with van der Waals surface area (Å²) in [6.45, 7) is 0.402. The minimum Gasteiger partial charge on any atom is -0.465 e. The molecule has 2 rings (SSSR count). The van der Waals surface area contributed by atoms with E-state index in [9.17, 15) is 9.59 Å². The highest BCUT2D eigenvalue weighted by Crippen LogP contribution is 2.19. The van der Waals surface area contributed by atoms with Crippen molar-refractivity contribution in [2.45, 2.75) is 13.0 Å². The highest BCUT2D eigenvalue weighted by Gasteiger charge is 2.20. The Hall–Kier alpha value is -1.84. The molecule has 0 fully saturated rings. The largest absolute Gasteiger partial charge is 0.465 e. The maximum Gasteiger partial charge on any atom is 0.338 e. The second-order valence-corrected chi connectivity index (χ2v) is 3.39. The van der Waals surface area contributed by atoms with E-state index in [0.717, 1.165) is 11.1 Å². The van der Waals surface area contributed by atoms with Crippen molar-refractivity contribution >= 4 is 11.9 Å². The van der Waals surface area contributed by atoms with Crippen LogP contribution in [0.2, 0.25) is 0 Å². The maximum atomic E-state index is 11.4. The van der Waals surface area contributed by atoms with Crippen LogP contribution in [0.25, 0.3) is 0 Å². The van der Waals surface area contributed by atoms with Gasteiger partial charge in [0.1, 0.15) is 0 Å². The van der Waals surface area contributed by atoms with E-state index in [1.54, 1.807) is 12.1 Å². The first-order chi connectivity index (χ1) is 7.22. The number of hydrogen-bond donors (Lipinski definition) is 1. The molecule has 1 aliphatic heterocycles. The topological polar surface area (TPSA) is 55.4 Å². The van der Waals surface area contributed by atoms with E-state index < -0.39 is 0 Å². The van der Waals surface area contributed by atoms with Crippen LogP contribution in [0.15, 0.2) is 18.2 Å². The number of carbonyl (C=O) groups is 2. The quantitative estimate of drug-likeness (QED) is 0.685. The second-order valence-electron chi connectivity index (χ2n) is 3.39. The number of nitrogens with one attached hydrogen (secondary N) is 1. The van der Waals surface area contributed by atoms with Crippen LogP contribution in [0.1, 0.15) is 21.5 Å². The summed E-state index contributed by atoms with van der Waals surface area (Å²) in [6, 6.07) is 5.34. The molecule has 1 aliphatic rings. The summed E-state index contributed by atoms with van der Waals surface area (Å²) in [6.07, 6.45) is 0.333. The molecule has 1 heterocycles. The number of ether oxygens (including phenoxy) is 1. The lowest BCUT2D eigenvalue weighted by atomic mass is 9.96. The summed E-state index contributed by atoms with van der Waals surface area (Å²) in [4.78, 5) is 22.6. The SMILES string of the molecule is COC(=O)c1cccc2c1CNC(=O)C2. The molecule has 1 aromatic carbocycles. The first-order valence-electron chi connectivity index (χ1n) is 4.68. The third-order valence-corrected chi connectivity index (χ3v) is 2.49. The number of benzene rings is 1. The van der Waals surface area contributed by atoms with Gasteiger partial charge in [0.05, 0.1) is 19.1 Å². The Morgan fingerprint density at radius 1 is 1.47 bits per heavy atom. The number of esters is 1. The van der Waals surface area contributed by atoms with Crippen LogP contribution >= 0.6 is 0 Å². The van der Waals surface area contributed by atoms with Crippen LogP contribution in [-0.4, -0.2) is 19.0 Å². The zero-order valence-electron chi connectivity index (χ0n) is 8.37. The van der Waals surface area contributed by atoms with Gasteiger partial charge in [-0.25, -0.2) is 4.79 Å². The van der Waals surface area contributed by atoms with Gasteiger partial charge in [-0.15, -0.1) is 0 Å². The molecule has 0 saturated carbocycles. The molecule has 0 atom stereocenters. The third-order valence-electron chi connectivity index (χ3n) is 2.49. The Balaban J connectivity index is 2.46. The van der Waals surface area contributed by atoms with E-state index in [0.29, 0.717) is 18.5 Å². The maximum absolute atomic E-state index is 11.4. The van der Waals surface area contributed by atoms with Crippen LogP contribution in [0.4, 0.5) is 0 Å². The number of carbonyl (C=O) groups excluding carboxylic acids is 2. The van der Waals surface area contributed by atoms with Gasteiger partial charge in [0, 0.05) is 6.54 Å². The van der Waals surface area contributed by atoms with Crippen molar-refractivity contribution in [1.82, 2.24) is 5.32 Å². The summed E-state index contributed by atoms with van der Waals surface area (Å²) in [5.41, 5.74) is 2.31. The van der Waals surface area contributed by atoms with E-state index in [4.69, 9.17) is 0 Å². The number of amides is 1. The second kappa shape index (κ2) is 3.73. The van der Waals surface area contributed by atoms with Gasteiger partial charge in [-0.05, 0) is 17.2 Å². The lowest BCUT2D eigenvalue weighted by Crippen LogP contribution is -2.31. The van der Waals surface area contributed by atoms with Crippen molar-refractivity contribution in [2.75, 3.05) is 7.11 Å². The lowest BCUT2D eigenvalue weighted by Gasteiger charge is -2.18. The Morgan fingerprint density at radius 3 is 3.00 bits per heavy atom. The molecule has 0 aliphatic carbocycles. The molecule has 78 valence electrons. The van der Waals surface area contributed by atoms with Crippen molar-refractivity contribution in [3.8, 4) is 0 Å². The number of fused-ring (bicyclic) bond motifs is 1. The van der Waals surface area contributed by atoms with Gasteiger partial charge in [-0.3, -0.25) is 4.79 Å². The average molecular weight is 205 g/mol. The first-order valence-corrected chi connectivity index (χ1v) is 4.68. The van der Waals surface area contributed by atoms with Gasteiger partial charge < -0.3 is 10.1 Å². The molecule has 15 heavy (non-hydrogen) atoms. The summed E-state index contributed by atoms with van der Waals surface area (Å²) in [7, 11) is 1.35. The average Bonchev–Trinajstić information content (AvgIpc) is 2.26. The van der Waals surface area contributed by atoms with Crippen molar-refractivity contribution in [1.29, 1.82) is 0 Å². The fourth-order valence-electron chi connectivity index (χ4n) is 1.73. The fraction of sp³-hybridized carbons (Fsp3) is 0.273. The highest BCUT2D eigenvalue weighted by atomic mass is 16.5. The van der Waals surface area contributed by atoms with E-state index in [-0.39, 0.29) is 11.9 Å². The lowest BCUT2D eigenvalue weighted by molar-refractivity contribution is -0.121.